The summed E-state index contributed by atoms with van der Waals surface area (Å²) in [4.78, 5) is 38.0. The summed E-state index contributed by atoms with van der Waals surface area (Å²) in [7, 11) is 0. The van der Waals surface area contributed by atoms with E-state index >= 15 is 0 Å². The molecule has 60 heavy (non-hydrogen) atoms. The molecule has 0 rings (SSSR count). The molecule has 0 aliphatic heterocycles. The molecule has 0 unspecified atom stereocenters. The van der Waals surface area contributed by atoms with Crippen molar-refractivity contribution >= 4 is 17.9 Å². The van der Waals surface area contributed by atoms with Crippen LogP contribution in [0.4, 0.5) is 0 Å². The van der Waals surface area contributed by atoms with Gasteiger partial charge in [-0.15, -0.1) is 0 Å². The lowest BCUT2D eigenvalue weighted by atomic mass is 10.0. The quantitative estimate of drug-likeness (QED) is 0.0263. The van der Waals surface area contributed by atoms with Crippen molar-refractivity contribution in [1.29, 1.82) is 0 Å². The van der Waals surface area contributed by atoms with Crippen molar-refractivity contribution in [3.8, 4) is 0 Å². The summed E-state index contributed by atoms with van der Waals surface area (Å²) in [5, 5.41) is 0. The molecule has 0 aliphatic rings. The first-order valence-corrected chi connectivity index (χ1v) is 26.3. The monoisotopic (exact) mass is 845 g/mol. The van der Waals surface area contributed by atoms with Gasteiger partial charge in [0.05, 0.1) is 0 Å². The second-order valence-electron chi connectivity index (χ2n) is 17.8. The van der Waals surface area contributed by atoms with Crippen LogP contribution in [-0.4, -0.2) is 37.2 Å². The van der Waals surface area contributed by atoms with Crippen molar-refractivity contribution < 1.29 is 28.6 Å². The van der Waals surface area contributed by atoms with Gasteiger partial charge in [-0.3, -0.25) is 14.4 Å². The Labute approximate surface area is 373 Å². The first-order valence-electron chi connectivity index (χ1n) is 26.3. The number of unbranched alkanes of at least 4 members (excludes halogenated alkanes) is 33. The molecule has 0 aromatic carbocycles. The summed E-state index contributed by atoms with van der Waals surface area (Å²) in [5.41, 5.74) is 0. The first-order chi connectivity index (χ1) is 29.5. The van der Waals surface area contributed by atoms with Crippen LogP contribution in [0.5, 0.6) is 0 Å². The highest BCUT2D eigenvalue weighted by atomic mass is 16.6. The van der Waals surface area contributed by atoms with Gasteiger partial charge in [0.15, 0.2) is 6.10 Å². The third-order valence-corrected chi connectivity index (χ3v) is 11.7. The van der Waals surface area contributed by atoms with E-state index in [4.69, 9.17) is 14.2 Å². The van der Waals surface area contributed by atoms with Gasteiger partial charge in [0, 0.05) is 19.3 Å². The van der Waals surface area contributed by atoms with Crippen LogP contribution in [0.2, 0.25) is 0 Å². The minimum Gasteiger partial charge on any atom is -0.462 e. The summed E-state index contributed by atoms with van der Waals surface area (Å²) in [6.45, 7) is 6.63. The second kappa shape index (κ2) is 49.5. The number of hydrogen-bond acceptors (Lipinski definition) is 6. The molecule has 0 saturated heterocycles. The number of carbonyl (C=O) groups excluding carboxylic acids is 3. The van der Waals surface area contributed by atoms with Crippen molar-refractivity contribution in [2.45, 2.75) is 290 Å². The average molecular weight is 845 g/mol. The molecule has 0 radical (unpaired) electrons. The van der Waals surface area contributed by atoms with Gasteiger partial charge >= 0.3 is 17.9 Å². The Balaban J connectivity index is 4.35. The molecule has 0 heterocycles. The van der Waals surface area contributed by atoms with Crippen LogP contribution in [0.1, 0.15) is 284 Å². The predicted octanol–water partition coefficient (Wildman–Crippen LogP) is 17.2. The summed E-state index contributed by atoms with van der Waals surface area (Å²) in [6.07, 6.45) is 55.8. The molecule has 0 aromatic rings. The third kappa shape index (κ3) is 46.9. The summed E-state index contributed by atoms with van der Waals surface area (Å²) in [6, 6.07) is 0. The zero-order valence-corrected chi connectivity index (χ0v) is 40.2. The minimum absolute atomic E-state index is 0.0725. The fourth-order valence-electron chi connectivity index (χ4n) is 7.67. The van der Waals surface area contributed by atoms with E-state index in [1.54, 1.807) is 0 Å². The van der Waals surface area contributed by atoms with Gasteiger partial charge in [-0.2, -0.15) is 0 Å². The van der Waals surface area contributed by atoms with Gasteiger partial charge in [-0.25, -0.2) is 0 Å². The van der Waals surface area contributed by atoms with E-state index in [9.17, 15) is 14.4 Å². The van der Waals surface area contributed by atoms with E-state index in [0.717, 1.165) is 64.2 Å². The van der Waals surface area contributed by atoms with E-state index in [0.29, 0.717) is 19.3 Å². The van der Waals surface area contributed by atoms with Crippen LogP contribution in [0, 0.1) is 0 Å². The van der Waals surface area contributed by atoms with Crippen LogP contribution in [0.25, 0.3) is 0 Å². The van der Waals surface area contributed by atoms with E-state index in [1.807, 2.05) is 0 Å². The van der Waals surface area contributed by atoms with Gasteiger partial charge in [0.25, 0.3) is 0 Å². The zero-order valence-electron chi connectivity index (χ0n) is 40.2. The molecule has 0 saturated carbocycles. The van der Waals surface area contributed by atoms with Crippen LogP contribution in [0.3, 0.4) is 0 Å². The average Bonchev–Trinajstić information content (AvgIpc) is 3.24. The molecule has 0 N–H and O–H groups in total. The molecule has 0 spiro atoms. The van der Waals surface area contributed by atoms with Gasteiger partial charge in [0.2, 0.25) is 0 Å². The van der Waals surface area contributed by atoms with Crippen molar-refractivity contribution in [2.24, 2.45) is 0 Å². The molecule has 352 valence electrons. The molecule has 0 bridgehead atoms. The van der Waals surface area contributed by atoms with Gasteiger partial charge in [0.1, 0.15) is 13.2 Å². The third-order valence-electron chi connectivity index (χ3n) is 11.7. The zero-order chi connectivity index (χ0) is 43.7. The Morgan fingerprint density at radius 2 is 0.550 bits per heavy atom. The maximum absolute atomic E-state index is 12.8. The van der Waals surface area contributed by atoms with Gasteiger partial charge < -0.3 is 14.2 Å². The number of esters is 3. The maximum atomic E-state index is 12.8. The van der Waals surface area contributed by atoms with Crippen molar-refractivity contribution in [2.75, 3.05) is 13.2 Å². The smallest absolute Gasteiger partial charge is 0.306 e. The molecule has 0 aromatic heterocycles. The lowest BCUT2D eigenvalue weighted by molar-refractivity contribution is -0.167. The number of ether oxygens (including phenoxy) is 3. The van der Waals surface area contributed by atoms with Crippen LogP contribution in [0.15, 0.2) is 24.3 Å². The molecular formula is C54H100O6. The fourth-order valence-corrected chi connectivity index (χ4v) is 7.67. The van der Waals surface area contributed by atoms with E-state index in [1.165, 1.54) is 180 Å². The Kier molecular flexibility index (Phi) is 47.8. The van der Waals surface area contributed by atoms with Crippen LogP contribution >= 0.6 is 0 Å². The number of hydrogen-bond donors (Lipinski definition) is 0. The highest BCUT2D eigenvalue weighted by Gasteiger charge is 2.19. The van der Waals surface area contributed by atoms with Gasteiger partial charge in [-0.1, -0.05) is 218 Å². The SMILES string of the molecule is CCCCCC/C=C/CCCCCCCCCC(=O)OC[C@@H](COC(=O)CCCCCCC/C=C/CCCCCC)OC(=O)CCCCCCCCCCCCCCCC. The van der Waals surface area contributed by atoms with E-state index in [2.05, 4.69) is 45.1 Å². The second-order valence-corrected chi connectivity index (χ2v) is 17.8. The normalized spacial score (nSPS) is 12.1. The Morgan fingerprint density at radius 3 is 0.850 bits per heavy atom. The maximum Gasteiger partial charge on any atom is 0.306 e. The van der Waals surface area contributed by atoms with Crippen LogP contribution in [-0.2, 0) is 28.6 Å². The molecule has 0 amide bonds. The molecule has 6 nitrogen and oxygen atoms in total. The van der Waals surface area contributed by atoms with Crippen molar-refractivity contribution in [1.82, 2.24) is 0 Å². The predicted molar refractivity (Wildman–Crippen MR) is 256 cm³/mol. The molecule has 1 atom stereocenters. The van der Waals surface area contributed by atoms with Crippen molar-refractivity contribution in [3.05, 3.63) is 24.3 Å². The van der Waals surface area contributed by atoms with E-state index < -0.39 is 6.10 Å². The summed E-state index contributed by atoms with van der Waals surface area (Å²) in [5.74, 6) is -0.872. The Morgan fingerprint density at radius 1 is 0.317 bits per heavy atom. The number of carbonyl (C=O) groups is 3. The van der Waals surface area contributed by atoms with Crippen LogP contribution < -0.4 is 0 Å². The summed E-state index contributed by atoms with van der Waals surface area (Å²) >= 11 is 0. The topological polar surface area (TPSA) is 78.9 Å². The molecule has 0 aliphatic carbocycles. The minimum atomic E-state index is -0.771. The Bertz CT molecular complexity index is 973. The first kappa shape index (κ1) is 57.9. The number of rotatable bonds is 48. The standard InChI is InChI=1S/C54H100O6/c1-4-7-10-13-16-19-22-25-27-30-32-35-38-41-44-47-53(56)59-50-51(49-58-52(55)46-43-40-37-34-31-28-24-21-18-15-12-9-6-3)60-54(57)48-45-42-39-36-33-29-26-23-20-17-14-11-8-5-2/h19,21-22,24,51H,4-18,20,23,25-50H2,1-3H3/b22-19+,24-21+/t51-/m1/s1. The number of allylic oxidation sites excluding steroid dienone is 4. The lowest BCUT2D eigenvalue weighted by Crippen LogP contribution is -2.30. The molecule has 6 heteroatoms. The highest BCUT2D eigenvalue weighted by molar-refractivity contribution is 5.71. The fraction of sp³-hybridized carbons (Fsp3) is 0.870. The van der Waals surface area contributed by atoms with Gasteiger partial charge in [-0.05, 0) is 70.6 Å². The van der Waals surface area contributed by atoms with Crippen molar-refractivity contribution in [3.63, 3.8) is 0 Å². The molecule has 0 fully saturated rings. The highest BCUT2D eigenvalue weighted by Crippen LogP contribution is 2.16. The van der Waals surface area contributed by atoms with E-state index in [-0.39, 0.29) is 31.1 Å². The molecular weight excluding hydrogens is 745 g/mol. The Hall–Kier alpha value is -2.11. The summed E-state index contributed by atoms with van der Waals surface area (Å²) < 4.78 is 16.8. The largest absolute Gasteiger partial charge is 0.462 e. The lowest BCUT2D eigenvalue weighted by Gasteiger charge is -2.18.